The Kier molecular flexibility index (Phi) is 2.81. The molecule has 1 unspecified atom stereocenters. The molecule has 1 aliphatic carbocycles. The van der Waals surface area contributed by atoms with Crippen molar-refractivity contribution in [2.45, 2.75) is 31.5 Å². The summed E-state index contributed by atoms with van der Waals surface area (Å²) in [6.45, 7) is 0. The zero-order chi connectivity index (χ0) is 14.5. The molecule has 0 bridgehead atoms. The summed E-state index contributed by atoms with van der Waals surface area (Å²) < 4.78 is 51.3. The van der Waals surface area contributed by atoms with Gasteiger partial charge in [-0.3, -0.25) is 4.79 Å². The summed E-state index contributed by atoms with van der Waals surface area (Å²) in [5.41, 5.74) is -0.0844. The van der Waals surface area contributed by atoms with Crippen molar-refractivity contribution < 1.29 is 22.4 Å². The zero-order valence-corrected chi connectivity index (χ0v) is 10.2. The summed E-state index contributed by atoms with van der Waals surface area (Å²) in [6, 6.07) is 3.82. The minimum Gasteiger partial charge on any atom is -0.272 e. The lowest BCUT2D eigenvalue weighted by atomic mass is 10.1. The van der Waals surface area contributed by atoms with Gasteiger partial charge in [0.25, 0.3) is 0 Å². The van der Waals surface area contributed by atoms with Gasteiger partial charge in [0, 0.05) is 0 Å². The van der Waals surface area contributed by atoms with Gasteiger partial charge >= 0.3 is 6.18 Å². The first-order valence-corrected chi connectivity index (χ1v) is 6.12. The SMILES string of the molecule is O=C1CC(C(F)(F)F)=NN1C1CCc2c(F)cccc21. The Balaban J connectivity index is 1.95. The monoisotopic (exact) mass is 286 g/mol. The van der Waals surface area contributed by atoms with E-state index in [1.54, 1.807) is 6.07 Å². The van der Waals surface area contributed by atoms with Gasteiger partial charge < -0.3 is 0 Å². The molecular weight excluding hydrogens is 276 g/mol. The molecule has 1 aromatic carbocycles. The molecule has 1 amide bonds. The molecule has 3 nitrogen and oxygen atoms in total. The Morgan fingerprint density at radius 3 is 2.70 bits per heavy atom. The van der Waals surface area contributed by atoms with Crippen LogP contribution in [0.2, 0.25) is 0 Å². The lowest BCUT2D eigenvalue weighted by Gasteiger charge is -2.20. The van der Waals surface area contributed by atoms with Gasteiger partial charge in [0.15, 0.2) is 5.71 Å². The number of benzene rings is 1. The summed E-state index contributed by atoms with van der Waals surface area (Å²) in [5.74, 6) is -1.09. The largest absolute Gasteiger partial charge is 0.431 e. The Labute approximate surface area is 111 Å². The third-order valence-corrected chi connectivity index (χ3v) is 3.61. The first kappa shape index (κ1) is 13.1. The van der Waals surface area contributed by atoms with E-state index < -0.39 is 36.1 Å². The third-order valence-electron chi connectivity index (χ3n) is 3.61. The summed E-state index contributed by atoms with van der Waals surface area (Å²) in [6.07, 6.45) is -4.57. The van der Waals surface area contributed by atoms with Crippen LogP contribution in [0.4, 0.5) is 17.6 Å². The fourth-order valence-corrected chi connectivity index (χ4v) is 2.69. The van der Waals surface area contributed by atoms with E-state index in [1.165, 1.54) is 12.1 Å². The Hall–Kier alpha value is -1.92. The second kappa shape index (κ2) is 4.29. The van der Waals surface area contributed by atoms with Gasteiger partial charge in [-0.25, -0.2) is 9.40 Å². The number of carbonyl (C=O) groups excluding carboxylic acids is 1. The maximum absolute atomic E-state index is 13.6. The fourth-order valence-electron chi connectivity index (χ4n) is 2.69. The van der Waals surface area contributed by atoms with E-state index in [0.717, 1.165) is 5.01 Å². The molecule has 1 aromatic rings. The number of hydrazone groups is 1. The van der Waals surface area contributed by atoms with E-state index in [9.17, 15) is 22.4 Å². The maximum Gasteiger partial charge on any atom is 0.431 e. The molecule has 0 N–H and O–H groups in total. The Morgan fingerprint density at radius 1 is 1.30 bits per heavy atom. The van der Waals surface area contributed by atoms with Crippen molar-refractivity contribution in [2.75, 3.05) is 0 Å². The molecule has 0 spiro atoms. The summed E-state index contributed by atoms with van der Waals surface area (Å²) in [5, 5.41) is 4.26. The second-order valence-corrected chi connectivity index (χ2v) is 4.82. The van der Waals surface area contributed by atoms with Crippen molar-refractivity contribution in [3.8, 4) is 0 Å². The summed E-state index contributed by atoms with van der Waals surface area (Å²) in [7, 11) is 0. The van der Waals surface area contributed by atoms with Crippen LogP contribution < -0.4 is 0 Å². The van der Waals surface area contributed by atoms with Crippen LogP contribution in [0.5, 0.6) is 0 Å². The number of fused-ring (bicyclic) bond motifs is 1. The highest BCUT2D eigenvalue weighted by Crippen LogP contribution is 2.39. The average Bonchev–Trinajstić information content (AvgIpc) is 2.92. The molecule has 0 saturated heterocycles. The van der Waals surface area contributed by atoms with Crippen LogP contribution in [0.3, 0.4) is 0 Å². The molecule has 0 radical (unpaired) electrons. The minimum atomic E-state index is -4.60. The number of rotatable bonds is 1. The Morgan fingerprint density at radius 2 is 2.05 bits per heavy atom. The topological polar surface area (TPSA) is 32.7 Å². The van der Waals surface area contributed by atoms with Crippen LogP contribution >= 0.6 is 0 Å². The maximum atomic E-state index is 13.6. The normalized spacial score (nSPS) is 22.2. The molecule has 0 aromatic heterocycles. The van der Waals surface area contributed by atoms with Gasteiger partial charge in [0.1, 0.15) is 5.82 Å². The highest BCUT2D eigenvalue weighted by molar-refractivity contribution is 6.07. The number of carbonyl (C=O) groups is 1. The summed E-state index contributed by atoms with van der Waals surface area (Å²) in [4.78, 5) is 11.7. The molecule has 1 atom stereocenters. The molecule has 20 heavy (non-hydrogen) atoms. The number of halogens is 4. The number of amides is 1. The van der Waals surface area contributed by atoms with Crippen molar-refractivity contribution in [1.29, 1.82) is 0 Å². The van der Waals surface area contributed by atoms with Gasteiger partial charge in [-0.15, -0.1) is 0 Å². The molecule has 1 heterocycles. The number of alkyl halides is 3. The van der Waals surface area contributed by atoms with Crippen molar-refractivity contribution in [1.82, 2.24) is 5.01 Å². The second-order valence-electron chi connectivity index (χ2n) is 4.82. The van der Waals surface area contributed by atoms with Gasteiger partial charge in [-0.05, 0) is 30.0 Å². The van der Waals surface area contributed by atoms with E-state index in [1.807, 2.05) is 0 Å². The standard InChI is InChI=1S/C13H10F4N2O/c14-9-3-1-2-8-7(9)4-5-10(8)19-12(20)6-11(18-19)13(15,16)17/h1-3,10H,4-6H2. The van der Waals surface area contributed by atoms with Crippen molar-refractivity contribution >= 4 is 11.6 Å². The quantitative estimate of drug-likeness (QED) is 0.730. The van der Waals surface area contributed by atoms with Crippen LogP contribution in [0.1, 0.15) is 30.0 Å². The smallest absolute Gasteiger partial charge is 0.272 e. The van der Waals surface area contributed by atoms with Gasteiger partial charge in [-0.1, -0.05) is 12.1 Å². The van der Waals surface area contributed by atoms with Gasteiger partial charge in [0.05, 0.1) is 12.5 Å². The predicted molar refractivity (Wildman–Crippen MR) is 62.4 cm³/mol. The molecule has 0 fully saturated rings. The first-order valence-electron chi connectivity index (χ1n) is 6.12. The van der Waals surface area contributed by atoms with Gasteiger partial charge in [-0.2, -0.15) is 18.3 Å². The fraction of sp³-hybridized carbons (Fsp3) is 0.385. The van der Waals surface area contributed by atoms with E-state index >= 15 is 0 Å². The van der Waals surface area contributed by atoms with Crippen molar-refractivity contribution in [3.63, 3.8) is 0 Å². The lowest BCUT2D eigenvalue weighted by Crippen LogP contribution is -2.25. The zero-order valence-electron chi connectivity index (χ0n) is 10.2. The van der Waals surface area contributed by atoms with E-state index in [4.69, 9.17) is 0 Å². The molecule has 3 rings (SSSR count). The van der Waals surface area contributed by atoms with Crippen LogP contribution in [0.25, 0.3) is 0 Å². The van der Waals surface area contributed by atoms with Crippen LogP contribution in [-0.2, 0) is 11.2 Å². The highest BCUT2D eigenvalue weighted by atomic mass is 19.4. The van der Waals surface area contributed by atoms with Crippen molar-refractivity contribution in [3.05, 3.63) is 35.1 Å². The molecule has 106 valence electrons. The Bertz CT molecular complexity index is 609. The molecular formula is C13H10F4N2O. The third kappa shape index (κ3) is 1.97. The number of hydrogen-bond donors (Lipinski definition) is 0. The van der Waals surface area contributed by atoms with Crippen LogP contribution in [0.15, 0.2) is 23.3 Å². The summed E-state index contributed by atoms with van der Waals surface area (Å²) >= 11 is 0. The first-order chi connectivity index (χ1) is 9.38. The predicted octanol–water partition coefficient (Wildman–Crippen LogP) is 2.96. The molecule has 2 aliphatic rings. The molecule has 0 saturated carbocycles. The molecule has 1 aliphatic heterocycles. The highest BCUT2D eigenvalue weighted by Gasteiger charge is 2.45. The number of nitrogens with zero attached hydrogens (tertiary/aromatic N) is 2. The average molecular weight is 286 g/mol. The van der Waals surface area contributed by atoms with Gasteiger partial charge in [0.2, 0.25) is 5.91 Å². The minimum absolute atomic E-state index is 0.386. The lowest BCUT2D eigenvalue weighted by molar-refractivity contribution is -0.131. The van der Waals surface area contributed by atoms with Crippen LogP contribution in [0, 0.1) is 5.82 Å². The number of hydrogen-bond acceptors (Lipinski definition) is 2. The van der Waals surface area contributed by atoms with Crippen LogP contribution in [-0.4, -0.2) is 22.8 Å². The van der Waals surface area contributed by atoms with E-state index in [2.05, 4.69) is 5.10 Å². The molecule has 7 heteroatoms. The van der Waals surface area contributed by atoms with Crippen molar-refractivity contribution in [2.24, 2.45) is 5.10 Å². The van der Waals surface area contributed by atoms with E-state index in [-0.39, 0.29) is 0 Å². The van der Waals surface area contributed by atoms with E-state index in [0.29, 0.717) is 24.0 Å².